The standard InChI is InChI=1S/C10H12N2O3/c1-2-8-10(15-7-3-4-7)9(12(13)14)5-6-11-8/h5-7H,2-4H2,1H3. The van der Waals surface area contributed by atoms with Gasteiger partial charge in [0.1, 0.15) is 0 Å². The molecule has 1 fully saturated rings. The highest BCUT2D eigenvalue weighted by atomic mass is 16.6. The Kier molecular flexibility index (Phi) is 2.53. The zero-order chi connectivity index (χ0) is 10.8. The molecule has 1 heterocycles. The van der Waals surface area contributed by atoms with Crippen LogP contribution < -0.4 is 4.74 Å². The molecule has 1 aliphatic carbocycles. The van der Waals surface area contributed by atoms with E-state index in [2.05, 4.69) is 4.98 Å². The van der Waals surface area contributed by atoms with Crippen LogP contribution in [-0.4, -0.2) is 16.0 Å². The van der Waals surface area contributed by atoms with E-state index in [0.29, 0.717) is 17.9 Å². The number of aromatic nitrogens is 1. The molecule has 0 spiro atoms. The largest absolute Gasteiger partial charge is 0.482 e. The average molecular weight is 208 g/mol. The van der Waals surface area contributed by atoms with E-state index >= 15 is 0 Å². The van der Waals surface area contributed by atoms with Crippen molar-refractivity contribution in [1.82, 2.24) is 4.98 Å². The van der Waals surface area contributed by atoms with Crippen LogP contribution in [0.5, 0.6) is 5.75 Å². The second-order valence-corrected chi connectivity index (χ2v) is 3.53. The molecule has 1 aromatic heterocycles. The van der Waals surface area contributed by atoms with Gasteiger partial charge in [-0.05, 0) is 19.3 Å². The number of nitro groups is 1. The third-order valence-electron chi connectivity index (χ3n) is 2.30. The van der Waals surface area contributed by atoms with Crippen molar-refractivity contribution in [2.75, 3.05) is 0 Å². The molecule has 0 aliphatic heterocycles. The highest BCUT2D eigenvalue weighted by molar-refractivity contribution is 5.48. The Hall–Kier alpha value is -1.65. The molecule has 0 aromatic carbocycles. The number of ether oxygens (including phenoxy) is 1. The van der Waals surface area contributed by atoms with Gasteiger partial charge in [0.15, 0.2) is 0 Å². The van der Waals surface area contributed by atoms with Crippen LogP contribution in [-0.2, 0) is 6.42 Å². The van der Waals surface area contributed by atoms with Crippen LogP contribution in [0.15, 0.2) is 12.3 Å². The molecule has 0 bridgehead atoms. The Morgan fingerprint density at radius 2 is 2.40 bits per heavy atom. The van der Waals surface area contributed by atoms with E-state index in [1.807, 2.05) is 6.92 Å². The molecule has 0 unspecified atom stereocenters. The summed E-state index contributed by atoms with van der Waals surface area (Å²) in [5.74, 6) is 0.354. The summed E-state index contributed by atoms with van der Waals surface area (Å²) in [6, 6.07) is 1.39. The van der Waals surface area contributed by atoms with Crippen LogP contribution >= 0.6 is 0 Å². The van der Waals surface area contributed by atoms with Crippen molar-refractivity contribution in [3.8, 4) is 5.75 Å². The maximum Gasteiger partial charge on any atom is 0.314 e. The molecule has 1 aromatic rings. The summed E-state index contributed by atoms with van der Waals surface area (Å²) in [6.45, 7) is 1.91. The van der Waals surface area contributed by atoms with E-state index in [4.69, 9.17) is 4.74 Å². The summed E-state index contributed by atoms with van der Waals surface area (Å²) >= 11 is 0. The Morgan fingerprint density at radius 1 is 1.67 bits per heavy atom. The molecule has 2 rings (SSSR count). The quantitative estimate of drug-likeness (QED) is 0.561. The van der Waals surface area contributed by atoms with Gasteiger partial charge in [0.25, 0.3) is 0 Å². The summed E-state index contributed by atoms with van der Waals surface area (Å²) in [5, 5.41) is 10.8. The van der Waals surface area contributed by atoms with E-state index in [1.54, 1.807) is 0 Å². The van der Waals surface area contributed by atoms with Gasteiger partial charge in [0.05, 0.1) is 16.7 Å². The number of rotatable bonds is 4. The lowest BCUT2D eigenvalue weighted by Crippen LogP contribution is -2.04. The van der Waals surface area contributed by atoms with Crippen LogP contribution in [0.25, 0.3) is 0 Å². The Balaban J connectivity index is 2.38. The first-order valence-electron chi connectivity index (χ1n) is 5.01. The minimum Gasteiger partial charge on any atom is -0.482 e. The van der Waals surface area contributed by atoms with Crippen molar-refractivity contribution >= 4 is 5.69 Å². The number of hydrogen-bond acceptors (Lipinski definition) is 4. The summed E-state index contributed by atoms with van der Waals surface area (Å²) in [4.78, 5) is 14.5. The van der Waals surface area contributed by atoms with E-state index in [9.17, 15) is 10.1 Å². The van der Waals surface area contributed by atoms with Gasteiger partial charge in [-0.15, -0.1) is 0 Å². The lowest BCUT2D eigenvalue weighted by atomic mass is 10.2. The smallest absolute Gasteiger partial charge is 0.314 e. The van der Waals surface area contributed by atoms with E-state index < -0.39 is 4.92 Å². The number of nitrogens with zero attached hydrogens (tertiary/aromatic N) is 2. The van der Waals surface area contributed by atoms with Gasteiger partial charge >= 0.3 is 5.69 Å². The molecule has 0 saturated heterocycles. The molecule has 0 atom stereocenters. The van der Waals surface area contributed by atoms with Crippen LogP contribution in [0.2, 0.25) is 0 Å². The third-order valence-corrected chi connectivity index (χ3v) is 2.30. The van der Waals surface area contributed by atoms with E-state index in [0.717, 1.165) is 12.8 Å². The van der Waals surface area contributed by atoms with E-state index in [-0.39, 0.29) is 11.8 Å². The van der Waals surface area contributed by atoms with Gasteiger partial charge in [-0.1, -0.05) is 6.92 Å². The zero-order valence-corrected chi connectivity index (χ0v) is 8.47. The fraction of sp³-hybridized carbons (Fsp3) is 0.500. The second kappa shape index (κ2) is 3.84. The second-order valence-electron chi connectivity index (χ2n) is 3.53. The summed E-state index contributed by atoms with van der Waals surface area (Å²) in [5.41, 5.74) is 0.685. The first kappa shape index (κ1) is 9.89. The highest BCUT2D eigenvalue weighted by Gasteiger charge is 2.29. The third kappa shape index (κ3) is 2.06. The topological polar surface area (TPSA) is 65.3 Å². The van der Waals surface area contributed by atoms with Gasteiger partial charge < -0.3 is 4.74 Å². The maximum atomic E-state index is 10.8. The summed E-state index contributed by atoms with van der Waals surface area (Å²) in [7, 11) is 0. The molecule has 1 aliphatic rings. The zero-order valence-electron chi connectivity index (χ0n) is 8.47. The van der Waals surface area contributed by atoms with Crippen molar-refractivity contribution in [2.45, 2.75) is 32.3 Å². The molecule has 5 heteroatoms. The number of pyridine rings is 1. The number of aryl methyl sites for hydroxylation is 1. The van der Waals surface area contributed by atoms with E-state index in [1.165, 1.54) is 12.3 Å². The van der Waals surface area contributed by atoms with Crippen LogP contribution in [0.4, 0.5) is 5.69 Å². The molecule has 0 amide bonds. The minimum atomic E-state index is -0.418. The van der Waals surface area contributed by atoms with Crippen molar-refractivity contribution < 1.29 is 9.66 Å². The van der Waals surface area contributed by atoms with Gasteiger partial charge in [-0.3, -0.25) is 15.1 Å². The van der Waals surface area contributed by atoms with Gasteiger partial charge in [0.2, 0.25) is 5.75 Å². The molecular formula is C10H12N2O3. The normalized spacial score (nSPS) is 15.0. The SMILES string of the molecule is CCc1nccc([N+](=O)[O-])c1OC1CC1. The van der Waals surface area contributed by atoms with Crippen LogP contribution in [0.1, 0.15) is 25.5 Å². The van der Waals surface area contributed by atoms with Crippen molar-refractivity contribution in [3.63, 3.8) is 0 Å². The Morgan fingerprint density at radius 3 is 2.93 bits per heavy atom. The van der Waals surface area contributed by atoms with Crippen molar-refractivity contribution in [3.05, 3.63) is 28.1 Å². The van der Waals surface area contributed by atoms with Crippen molar-refractivity contribution in [1.29, 1.82) is 0 Å². The van der Waals surface area contributed by atoms with Gasteiger partial charge in [-0.2, -0.15) is 0 Å². The highest BCUT2D eigenvalue weighted by Crippen LogP contribution is 2.35. The molecule has 5 nitrogen and oxygen atoms in total. The molecule has 15 heavy (non-hydrogen) atoms. The lowest BCUT2D eigenvalue weighted by Gasteiger charge is -2.08. The summed E-state index contributed by atoms with van der Waals surface area (Å²) in [6.07, 6.45) is 4.21. The molecule has 0 N–H and O–H groups in total. The predicted molar refractivity (Wildman–Crippen MR) is 53.9 cm³/mol. The first-order valence-corrected chi connectivity index (χ1v) is 5.01. The Bertz CT molecular complexity index is 388. The maximum absolute atomic E-state index is 10.8. The molecular weight excluding hydrogens is 196 g/mol. The van der Waals surface area contributed by atoms with Crippen LogP contribution in [0, 0.1) is 10.1 Å². The molecule has 80 valence electrons. The fourth-order valence-electron chi connectivity index (χ4n) is 1.36. The van der Waals surface area contributed by atoms with Crippen molar-refractivity contribution in [2.24, 2.45) is 0 Å². The molecule has 1 saturated carbocycles. The molecule has 0 radical (unpaired) electrons. The number of hydrogen-bond donors (Lipinski definition) is 0. The van der Waals surface area contributed by atoms with Gasteiger partial charge in [0, 0.05) is 12.3 Å². The average Bonchev–Trinajstić information content (AvgIpc) is 3.01. The predicted octanol–water partition coefficient (Wildman–Crippen LogP) is 2.09. The fourth-order valence-corrected chi connectivity index (χ4v) is 1.36. The lowest BCUT2D eigenvalue weighted by molar-refractivity contribution is -0.386. The Labute approximate surface area is 87.2 Å². The first-order chi connectivity index (χ1) is 7.22. The monoisotopic (exact) mass is 208 g/mol. The van der Waals surface area contributed by atoms with Gasteiger partial charge in [-0.25, -0.2) is 0 Å². The summed E-state index contributed by atoms with van der Waals surface area (Å²) < 4.78 is 5.54. The van der Waals surface area contributed by atoms with Crippen LogP contribution in [0.3, 0.4) is 0 Å². The minimum absolute atomic E-state index is 0.0220.